The Kier molecular flexibility index (Phi) is 4.58. The number of likely N-dealkylation sites (tertiary alicyclic amines) is 1. The number of rotatable bonds is 4. The van der Waals surface area contributed by atoms with E-state index in [1.165, 1.54) is 0 Å². The molecule has 1 saturated heterocycles. The Morgan fingerprint density at radius 2 is 2.07 bits per heavy atom. The maximum atomic E-state index is 13.0. The molecular weight excluding hydrogens is 376 g/mol. The average molecular weight is 396 g/mol. The van der Waals surface area contributed by atoms with Crippen molar-refractivity contribution in [2.75, 3.05) is 19.6 Å². The smallest absolute Gasteiger partial charge is 0.267 e. The van der Waals surface area contributed by atoms with Gasteiger partial charge >= 0.3 is 0 Å². The van der Waals surface area contributed by atoms with Crippen LogP contribution < -0.4 is 5.32 Å². The van der Waals surface area contributed by atoms with Crippen LogP contribution in [0, 0.1) is 11.8 Å². The molecule has 0 radical (unpaired) electrons. The number of fused-ring (bicyclic) bond motifs is 1. The molecule has 2 aliphatic rings. The monoisotopic (exact) mass is 395 g/mol. The lowest BCUT2D eigenvalue weighted by atomic mass is 9.80. The second kappa shape index (κ2) is 6.78. The molecule has 2 N–H and O–H groups in total. The molecule has 0 bridgehead atoms. The summed E-state index contributed by atoms with van der Waals surface area (Å²) in [7, 11) is 0. The largest absolute Gasteiger partial charge is 0.351 e. The summed E-state index contributed by atoms with van der Waals surface area (Å²) in [5.41, 5.74) is 1.29. The van der Waals surface area contributed by atoms with Gasteiger partial charge < -0.3 is 15.2 Å². The van der Waals surface area contributed by atoms with Crippen LogP contribution in [0.3, 0.4) is 0 Å². The zero-order valence-electron chi connectivity index (χ0n) is 14.6. The van der Waals surface area contributed by atoms with Gasteiger partial charge in [0.15, 0.2) is 0 Å². The SMILES string of the molecule is O=C(NCC1CCN(C(=O)C2CC(F)(F)C2)C1)c1cc2cc(Cl)ccc2[nH]1. The van der Waals surface area contributed by atoms with Gasteiger partial charge in [-0.25, -0.2) is 8.78 Å². The van der Waals surface area contributed by atoms with Gasteiger partial charge in [0.2, 0.25) is 11.8 Å². The lowest BCUT2D eigenvalue weighted by Gasteiger charge is -2.36. The molecule has 1 atom stereocenters. The third kappa shape index (κ3) is 3.78. The van der Waals surface area contributed by atoms with Crippen molar-refractivity contribution in [3.8, 4) is 0 Å². The first-order valence-corrected chi connectivity index (χ1v) is 9.42. The molecule has 2 amide bonds. The van der Waals surface area contributed by atoms with E-state index in [1.807, 2.05) is 6.07 Å². The second-order valence-electron chi connectivity index (χ2n) is 7.52. The van der Waals surface area contributed by atoms with Crippen LogP contribution in [0.25, 0.3) is 10.9 Å². The standard InChI is InChI=1S/C19H20ClF2N3O2/c20-14-1-2-15-12(5-14)6-16(24-15)17(26)23-9-11-3-4-25(10-11)18(27)13-7-19(21,22)8-13/h1-2,5-6,11,13,24H,3-4,7-10H2,(H,23,26). The van der Waals surface area contributed by atoms with Crippen LogP contribution in [0.1, 0.15) is 29.8 Å². The van der Waals surface area contributed by atoms with E-state index in [1.54, 1.807) is 23.1 Å². The van der Waals surface area contributed by atoms with Crippen molar-refractivity contribution in [3.63, 3.8) is 0 Å². The molecule has 5 nitrogen and oxygen atoms in total. The van der Waals surface area contributed by atoms with Crippen molar-refractivity contribution in [2.45, 2.75) is 25.2 Å². The summed E-state index contributed by atoms with van der Waals surface area (Å²) in [6, 6.07) is 7.11. The molecule has 144 valence electrons. The number of H-pyrrole nitrogens is 1. The van der Waals surface area contributed by atoms with Crippen LogP contribution in [0.15, 0.2) is 24.3 Å². The van der Waals surface area contributed by atoms with Crippen molar-refractivity contribution in [1.29, 1.82) is 0 Å². The number of benzene rings is 1. The fourth-order valence-electron chi connectivity index (χ4n) is 3.85. The minimum absolute atomic E-state index is 0.136. The Morgan fingerprint density at radius 1 is 1.30 bits per heavy atom. The Bertz CT molecular complexity index is 890. The van der Waals surface area contributed by atoms with Crippen molar-refractivity contribution < 1.29 is 18.4 Å². The number of carbonyl (C=O) groups excluding carboxylic acids is 2. The van der Waals surface area contributed by atoms with E-state index in [-0.39, 0.29) is 30.6 Å². The number of hydrogen-bond acceptors (Lipinski definition) is 2. The summed E-state index contributed by atoms with van der Waals surface area (Å²) in [6.45, 7) is 1.51. The van der Waals surface area contributed by atoms with Gasteiger partial charge in [0.05, 0.1) is 0 Å². The van der Waals surface area contributed by atoms with Gasteiger partial charge in [-0.15, -0.1) is 0 Å². The molecule has 2 aromatic rings. The summed E-state index contributed by atoms with van der Waals surface area (Å²) in [5, 5.41) is 4.35. The number of halogens is 3. The minimum atomic E-state index is -2.68. The molecule has 4 rings (SSSR count). The molecule has 1 saturated carbocycles. The second-order valence-corrected chi connectivity index (χ2v) is 7.96. The van der Waals surface area contributed by atoms with E-state index in [9.17, 15) is 18.4 Å². The molecule has 1 aliphatic carbocycles. The molecule has 27 heavy (non-hydrogen) atoms. The number of nitrogens with one attached hydrogen (secondary N) is 2. The van der Waals surface area contributed by atoms with Crippen molar-refractivity contribution >= 4 is 34.3 Å². The number of nitrogens with zero attached hydrogens (tertiary/aromatic N) is 1. The minimum Gasteiger partial charge on any atom is -0.351 e. The lowest BCUT2D eigenvalue weighted by Crippen LogP contribution is -2.46. The van der Waals surface area contributed by atoms with Gasteiger partial charge in [0.25, 0.3) is 5.91 Å². The van der Waals surface area contributed by atoms with E-state index < -0.39 is 11.8 Å². The van der Waals surface area contributed by atoms with Crippen molar-refractivity contribution in [3.05, 3.63) is 35.0 Å². The van der Waals surface area contributed by atoms with Crippen LogP contribution in [-0.4, -0.2) is 47.3 Å². The summed E-state index contributed by atoms with van der Waals surface area (Å²) in [6.07, 6.45) is 0.0830. The Labute approximate surface area is 160 Å². The average Bonchev–Trinajstić information content (AvgIpc) is 3.23. The highest BCUT2D eigenvalue weighted by Gasteiger charge is 2.50. The molecular formula is C19H20ClF2N3O2. The molecule has 8 heteroatoms. The number of carbonyl (C=O) groups is 2. The lowest BCUT2D eigenvalue weighted by molar-refractivity contribution is -0.158. The first-order valence-electron chi connectivity index (χ1n) is 9.04. The highest BCUT2D eigenvalue weighted by atomic mass is 35.5. The highest BCUT2D eigenvalue weighted by Crippen LogP contribution is 2.43. The topological polar surface area (TPSA) is 65.2 Å². The van der Waals surface area contributed by atoms with E-state index in [4.69, 9.17) is 11.6 Å². The van der Waals surface area contributed by atoms with Gasteiger partial charge in [0, 0.05) is 54.3 Å². The quantitative estimate of drug-likeness (QED) is 0.832. The number of hydrogen-bond donors (Lipinski definition) is 2. The molecule has 2 heterocycles. The van der Waals surface area contributed by atoms with Crippen molar-refractivity contribution in [1.82, 2.24) is 15.2 Å². The molecule has 1 aliphatic heterocycles. The molecule has 2 fully saturated rings. The number of aromatic amines is 1. The summed E-state index contributed by atoms with van der Waals surface area (Å²) < 4.78 is 25.9. The number of aromatic nitrogens is 1. The predicted molar refractivity (Wildman–Crippen MR) is 98.0 cm³/mol. The summed E-state index contributed by atoms with van der Waals surface area (Å²) >= 11 is 5.96. The maximum Gasteiger partial charge on any atom is 0.267 e. The molecule has 0 spiro atoms. The predicted octanol–water partition coefficient (Wildman–Crippen LogP) is 3.44. The zero-order valence-corrected chi connectivity index (χ0v) is 15.4. The van der Waals surface area contributed by atoms with Gasteiger partial charge in [0.1, 0.15) is 5.69 Å². The zero-order chi connectivity index (χ0) is 19.2. The Morgan fingerprint density at radius 3 is 2.81 bits per heavy atom. The van der Waals surface area contributed by atoms with Gasteiger partial charge in [-0.3, -0.25) is 9.59 Å². The first kappa shape index (κ1) is 18.2. The van der Waals surface area contributed by atoms with E-state index in [0.717, 1.165) is 17.3 Å². The Hall–Kier alpha value is -2.15. The molecule has 1 aromatic heterocycles. The van der Waals surface area contributed by atoms with E-state index in [0.29, 0.717) is 30.4 Å². The first-order chi connectivity index (χ1) is 12.8. The Balaban J connectivity index is 1.29. The van der Waals surface area contributed by atoms with Crippen LogP contribution >= 0.6 is 11.6 Å². The van der Waals surface area contributed by atoms with Gasteiger partial charge in [-0.05, 0) is 36.6 Å². The fourth-order valence-corrected chi connectivity index (χ4v) is 4.03. The molecule has 1 aromatic carbocycles. The fraction of sp³-hybridized carbons (Fsp3) is 0.474. The van der Waals surface area contributed by atoms with Crippen LogP contribution in [0.5, 0.6) is 0 Å². The van der Waals surface area contributed by atoms with Crippen molar-refractivity contribution in [2.24, 2.45) is 11.8 Å². The normalized spacial score (nSPS) is 22.0. The van der Waals surface area contributed by atoms with Crippen LogP contribution in [0.2, 0.25) is 5.02 Å². The van der Waals surface area contributed by atoms with Gasteiger partial charge in [-0.1, -0.05) is 11.6 Å². The van der Waals surface area contributed by atoms with E-state index in [2.05, 4.69) is 10.3 Å². The van der Waals surface area contributed by atoms with Crippen LogP contribution in [0.4, 0.5) is 8.78 Å². The van der Waals surface area contributed by atoms with Gasteiger partial charge in [-0.2, -0.15) is 0 Å². The highest BCUT2D eigenvalue weighted by molar-refractivity contribution is 6.31. The third-order valence-electron chi connectivity index (χ3n) is 5.42. The van der Waals surface area contributed by atoms with Crippen LogP contribution in [-0.2, 0) is 4.79 Å². The molecule has 1 unspecified atom stereocenters. The van der Waals surface area contributed by atoms with E-state index >= 15 is 0 Å². The summed E-state index contributed by atoms with van der Waals surface area (Å²) in [4.78, 5) is 29.3. The number of alkyl halides is 2. The maximum absolute atomic E-state index is 13.0. The summed E-state index contributed by atoms with van der Waals surface area (Å²) in [5.74, 6) is -3.49. The number of amides is 2. The third-order valence-corrected chi connectivity index (χ3v) is 5.65.